The maximum absolute atomic E-state index is 12.8. The van der Waals surface area contributed by atoms with E-state index in [1.165, 1.54) is 9.80 Å². The number of halogens is 4. The highest BCUT2D eigenvalue weighted by Gasteiger charge is 2.31. The van der Waals surface area contributed by atoms with E-state index in [-0.39, 0.29) is 29.8 Å². The van der Waals surface area contributed by atoms with Gasteiger partial charge < -0.3 is 19.9 Å². The lowest BCUT2D eigenvalue weighted by molar-refractivity contribution is -0.137. The Balaban J connectivity index is 1.89. The van der Waals surface area contributed by atoms with Crippen molar-refractivity contribution in [3.63, 3.8) is 0 Å². The molecular weight excluding hydrogens is 375 g/mol. The van der Waals surface area contributed by atoms with Gasteiger partial charge in [0.15, 0.2) is 0 Å². The standard InChI is InChI=1S/C16H19ClF3N3O3/c1-2-26-15(25)23-7-5-22(6-8-23)14(24)10-21-13-9-11(16(18,19)20)3-4-12(13)17/h3-4,9,21H,2,5-8,10H2,1H3. The molecule has 0 spiro atoms. The SMILES string of the molecule is CCOC(=O)N1CCN(C(=O)CNc2cc(C(F)(F)F)ccc2Cl)CC1. The Morgan fingerprint density at radius 3 is 2.38 bits per heavy atom. The van der Waals surface area contributed by atoms with Crippen molar-refractivity contribution in [3.8, 4) is 0 Å². The van der Waals surface area contributed by atoms with Crippen LogP contribution in [0.25, 0.3) is 0 Å². The zero-order valence-corrected chi connectivity index (χ0v) is 14.9. The molecule has 1 aromatic carbocycles. The van der Waals surface area contributed by atoms with Crippen LogP contribution >= 0.6 is 11.6 Å². The largest absolute Gasteiger partial charge is 0.450 e. The molecule has 0 aromatic heterocycles. The number of piperazine rings is 1. The molecule has 6 nitrogen and oxygen atoms in total. The van der Waals surface area contributed by atoms with Crippen LogP contribution in [0.2, 0.25) is 5.02 Å². The molecule has 1 aromatic rings. The summed E-state index contributed by atoms with van der Waals surface area (Å²) in [5.74, 6) is -0.290. The quantitative estimate of drug-likeness (QED) is 0.854. The Hall–Kier alpha value is -2.16. The zero-order chi connectivity index (χ0) is 19.3. The number of nitrogens with zero attached hydrogens (tertiary/aromatic N) is 2. The van der Waals surface area contributed by atoms with Crippen LogP contribution in [0.3, 0.4) is 0 Å². The summed E-state index contributed by atoms with van der Waals surface area (Å²) in [5, 5.41) is 2.74. The first-order valence-corrected chi connectivity index (χ1v) is 8.40. The van der Waals surface area contributed by atoms with E-state index in [4.69, 9.17) is 16.3 Å². The van der Waals surface area contributed by atoms with Gasteiger partial charge in [0.1, 0.15) is 0 Å². The van der Waals surface area contributed by atoms with Crippen LogP contribution in [-0.2, 0) is 15.7 Å². The van der Waals surface area contributed by atoms with Gasteiger partial charge in [0.2, 0.25) is 5.91 Å². The molecule has 0 atom stereocenters. The van der Waals surface area contributed by atoms with Gasteiger partial charge in [0, 0.05) is 26.2 Å². The molecule has 1 heterocycles. The fraction of sp³-hybridized carbons (Fsp3) is 0.500. The molecular formula is C16H19ClF3N3O3. The molecule has 144 valence electrons. The first-order chi connectivity index (χ1) is 12.2. The predicted octanol–water partition coefficient (Wildman–Crippen LogP) is 3.07. The third-order valence-electron chi connectivity index (χ3n) is 3.88. The Labute approximate surface area is 153 Å². The number of amides is 2. The van der Waals surface area contributed by atoms with Crippen molar-refractivity contribution < 1.29 is 27.5 Å². The fourth-order valence-corrected chi connectivity index (χ4v) is 2.66. The van der Waals surface area contributed by atoms with E-state index in [1.807, 2.05) is 0 Å². The monoisotopic (exact) mass is 393 g/mol. The first kappa shape index (κ1) is 20.2. The molecule has 1 fully saturated rings. The molecule has 10 heteroatoms. The highest BCUT2D eigenvalue weighted by atomic mass is 35.5. The lowest BCUT2D eigenvalue weighted by Gasteiger charge is -2.34. The molecule has 2 rings (SSSR count). The molecule has 1 N–H and O–H groups in total. The van der Waals surface area contributed by atoms with E-state index in [0.717, 1.165) is 18.2 Å². The first-order valence-electron chi connectivity index (χ1n) is 8.02. The smallest absolute Gasteiger partial charge is 0.416 e. The summed E-state index contributed by atoms with van der Waals surface area (Å²) in [4.78, 5) is 26.9. The Kier molecular flexibility index (Phi) is 6.57. The highest BCUT2D eigenvalue weighted by molar-refractivity contribution is 6.33. The molecule has 0 unspecified atom stereocenters. The van der Waals surface area contributed by atoms with E-state index in [0.29, 0.717) is 26.2 Å². The van der Waals surface area contributed by atoms with E-state index < -0.39 is 17.8 Å². The van der Waals surface area contributed by atoms with Crippen molar-refractivity contribution in [1.82, 2.24) is 9.80 Å². The Bertz CT molecular complexity index is 662. The van der Waals surface area contributed by atoms with Gasteiger partial charge in [-0.15, -0.1) is 0 Å². The molecule has 1 aliphatic heterocycles. The lowest BCUT2D eigenvalue weighted by atomic mass is 10.2. The van der Waals surface area contributed by atoms with Gasteiger partial charge in [-0.3, -0.25) is 4.79 Å². The molecule has 0 radical (unpaired) electrons. The predicted molar refractivity (Wildman–Crippen MR) is 90.1 cm³/mol. The average Bonchev–Trinajstić information content (AvgIpc) is 2.60. The summed E-state index contributed by atoms with van der Waals surface area (Å²) >= 11 is 5.89. The van der Waals surface area contributed by atoms with Crippen LogP contribution in [0, 0.1) is 0 Å². The second-order valence-corrected chi connectivity index (χ2v) is 6.02. The number of nitrogens with one attached hydrogen (secondary N) is 1. The van der Waals surface area contributed by atoms with Gasteiger partial charge in [-0.2, -0.15) is 13.2 Å². The summed E-state index contributed by atoms with van der Waals surface area (Å²) < 4.78 is 43.2. The minimum atomic E-state index is -4.49. The van der Waals surface area contributed by atoms with Crippen molar-refractivity contribution in [2.24, 2.45) is 0 Å². The second-order valence-electron chi connectivity index (χ2n) is 5.61. The summed E-state index contributed by atoms with van der Waals surface area (Å²) in [6.07, 6.45) is -4.91. The third kappa shape index (κ3) is 5.17. The maximum Gasteiger partial charge on any atom is 0.416 e. The topological polar surface area (TPSA) is 61.9 Å². The van der Waals surface area contributed by atoms with E-state index in [1.54, 1.807) is 6.92 Å². The molecule has 0 saturated carbocycles. The van der Waals surface area contributed by atoms with Crippen molar-refractivity contribution in [2.45, 2.75) is 13.1 Å². The Morgan fingerprint density at radius 1 is 1.19 bits per heavy atom. The van der Waals surface area contributed by atoms with Crippen LogP contribution < -0.4 is 5.32 Å². The van der Waals surface area contributed by atoms with Crippen LogP contribution in [0.4, 0.5) is 23.7 Å². The van der Waals surface area contributed by atoms with Gasteiger partial charge in [0.05, 0.1) is 29.4 Å². The number of hydrogen-bond acceptors (Lipinski definition) is 4. The third-order valence-corrected chi connectivity index (χ3v) is 4.21. The number of carbonyl (C=O) groups is 2. The molecule has 26 heavy (non-hydrogen) atoms. The minimum Gasteiger partial charge on any atom is -0.450 e. The number of hydrogen-bond donors (Lipinski definition) is 1. The minimum absolute atomic E-state index is 0.0417. The van der Waals surface area contributed by atoms with Crippen LogP contribution in [0.1, 0.15) is 12.5 Å². The van der Waals surface area contributed by atoms with E-state index >= 15 is 0 Å². The molecule has 1 saturated heterocycles. The second kappa shape index (κ2) is 8.48. The zero-order valence-electron chi connectivity index (χ0n) is 14.1. The molecule has 0 bridgehead atoms. The van der Waals surface area contributed by atoms with Gasteiger partial charge in [0.25, 0.3) is 0 Å². The summed E-state index contributed by atoms with van der Waals surface area (Å²) in [6.45, 7) is 3.14. The van der Waals surface area contributed by atoms with Crippen LogP contribution in [0.15, 0.2) is 18.2 Å². The van der Waals surface area contributed by atoms with Gasteiger partial charge in [-0.25, -0.2) is 4.79 Å². The van der Waals surface area contributed by atoms with Crippen molar-refractivity contribution in [2.75, 3.05) is 44.6 Å². The van der Waals surface area contributed by atoms with Crippen molar-refractivity contribution >= 4 is 29.3 Å². The molecule has 0 aliphatic carbocycles. The van der Waals surface area contributed by atoms with Gasteiger partial charge >= 0.3 is 12.3 Å². The summed E-state index contributed by atoms with van der Waals surface area (Å²) in [7, 11) is 0. The highest BCUT2D eigenvalue weighted by Crippen LogP contribution is 2.33. The normalized spacial score (nSPS) is 15.0. The number of anilines is 1. The lowest BCUT2D eigenvalue weighted by Crippen LogP contribution is -2.51. The fourth-order valence-electron chi connectivity index (χ4n) is 2.47. The number of rotatable bonds is 4. The van der Waals surface area contributed by atoms with Crippen molar-refractivity contribution in [1.29, 1.82) is 0 Å². The van der Waals surface area contributed by atoms with Crippen LogP contribution in [0.5, 0.6) is 0 Å². The van der Waals surface area contributed by atoms with E-state index in [9.17, 15) is 22.8 Å². The summed E-state index contributed by atoms with van der Waals surface area (Å²) in [6, 6.07) is 2.88. The van der Waals surface area contributed by atoms with Crippen molar-refractivity contribution in [3.05, 3.63) is 28.8 Å². The Morgan fingerprint density at radius 2 is 1.81 bits per heavy atom. The van der Waals surface area contributed by atoms with E-state index in [2.05, 4.69) is 5.32 Å². The van der Waals surface area contributed by atoms with Gasteiger partial charge in [-0.1, -0.05) is 11.6 Å². The molecule has 1 aliphatic rings. The average molecular weight is 394 g/mol. The molecule has 2 amide bonds. The van der Waals surface area contributed by atoms with Crippen LogP contribution in [-0.4, -0.2) is 61.1 Å². The number of carbonyl (C=O) groups excluding carboxylic acids is 2. The number of ether oxygens (including phenoxy) is 1. The van der Waals surface area contributed by atoms with Gasteiger partial charge in [-0.05, 0) is 25.1 Å². The number of alkyl halides is 3. The summed E-state index contributed by atoms with van der Waals surface area (Å²) in [5.41, 5.74) is -0.806. The maximum atomic E-state index is 12.8. The number of benzene rings is 1.